The molecule has 0 saturated heterocycles. The molecule has 2 amide bonds. The maximum atomic E-state index is 12.8. The summed E-state index contributed by atoms with van der Waals surface area (Å²) in [4.78, 5) is 24.1. The molecule has 0 spiro atoms. The highest BCUT2D eigenvalue weighted by molar-refractivity contribution is 8.00. The highest BCUT2D eigenvalue weighted by atomic mass is 32.2. The van der Waals surface area contributed by atoms with Gasteiger partial charge in [0.25, 0.3) is 0 Å². The molecule has 0 aliphatic rings. The van der Waals surface area contributed by atoms with Gasteiger partial charge in [-0.25, -0.2) is 4.39 Å². The molecule has 0 aliphatic heterocycles. The Hall–Kier alpha value is -2.34. The molecule has 26 heavy (non-hydrogen) atoms. The number of anilines is 2. The van der Waals surface area contributed by atoms with Crippen LogP contribution in [0.1, 0.15) is 25.0 Å². The highest BCUT2D eigenvalue weighted by Gasteiger charge is 2.11. The van der Waals surface area contributed by atoms with E-state index in [0.29, 0.717) is 5.69 Å². The summed E-state index contributed by atoms with van der Waals surface area (Å²) < 4.78 is 12.8. The number of hydrogen-bond donors (Lipinski definition) is 2. The molecule has 2 rings (SSSR count). The summed E-state index contributed by atoms with van der Waals surface area (Å²) in [5.41, 5.74) is 3.64. The fourth-order valence-electron chi connectivity index (χ4n) is 2.55. The molecule has 0 bridgehead atoms. The number of carbonyl (C=O) groups excluding carboxylic acids is 2. The Morgan fingerprint density at radius 1 is 0.885 bits per heavy atom. The zero-order valence-electron chi connectivity index (χ0n) is 15.0. The van der Waals surface area contributed by atoms with Gasteiger partial charge in [0, 0.05) is 11.4 Å². The van der Waals surface area contributed by atoms with Gasteiger partial charge in [-0.3, -0.25) is 9.59 Å². The standard InChI is InChI=1S/C20H23FN2O2S/c1-3-14-6-5-7-15(4-2)20(14)23-19(25)13-26-12-18(24)22-17-10-8-16(21)9-11-17/h5-11H,3-4,12-13H2,1-2H3,(H,22,24)(H,23,25). The van der Waals surface area contributed by atoms with Crippen LogP contribution in [0.2, 0.25) is 0 Å². The van der Waals surface area contributed by atoms with Crippen molar-refractivity contribution in [2.75, 3.05) is 22.1 Å². The second kappa shape index (κ2) is 9.97. The van der Waals surface area contributed by atoms with Gasteiger partial charge in [-0.05, 0) is 48.2 Å². The number of rotatable bonds is 8. The molecule has 2 N–H and O–H groups in total. The monoisotopic (exact) mass is 374 g/mol. The molecule has 4 nitrogen and oxygen atoms in total. The summed E-state index contributed by atoms with van der Waals surface area (Å²) in [6.45, 7) is 4.11. The predicted molar refractivity (Wildman–Crippen MR) is 106 cm³/mol. The van der Waals surface area contributed by atoms with Crippen molar-refractivity contribution in [3.05, 3.63) is 59.4 Å². The van der Waals surface area contributed by atoms with Gasteiger partial charge in [0.05, 0.1) is 11.5 Å². The Labute approximate surface area is 157 Å². The summed E-state index contributed by atoms with van der Waals surface area (Å²) in [7, 11) is 0. The van der Waals surface area contributed by atoms with Crippen molar-refractivity contribution < 1.29 is 14.0 Å². The Morgan fingerprint density at radius 2 is 1.42 bits per heavy atom. The van der Waals surface area contributed by atoms with Crippen molar-refractivity contribution >= 4 is 35.0 Å². The van der Waals surface area contributed by atoms with E-state index < -0.39 is 0 Å². The molecule has 0 aromatic heterocycles. The van der Waals surface area contributed by atoms with Crippen LogP contribution in [0, 0.1) is 5.82 Å². The molecule has 0 atom stereocenters. The zero-order chi connectivity index (χ0) is 18.9. The number of para-hydroxylation sites is 1. The van der Waals surface area contributed by atoms with E-state index in [1.165, 1.54) is 36.0 Å². The summed E-state index contributed by atoms with van der Waals surface area (Å²) in [5, 5.41) is 5.65. The van der Waals surface area contributed by atoms with Crippen LogP contribution in [0.15, 0.2) is 42.5 Å². The van der Waals surface area contributed by atoms with E-state index in [1.807, 2.05) is 18.2 Å². The lowest BCUT2D eigenvalue weighted by molar-refractivity contribution is -0.114. The molecular weight excluding hydrogens is 351 g/mol. The molecule has 138 valence electrons. The zero-order valence-corrected chi connectivity index (χ0v) is 15.8. The number of amides is 2. The van der Waals surface area contributed by atoms with E-state index in [9.17, 15) is 14.0 Å². The average Bonchev–Trinajstić information content (AvgIpc) is 2.63. The Morgan fingerprint density at radius 3 is 1.96 bits per heavy atom. The quantitative estimate of drug-likeness (QED) is 0.726. The minimum Gasteiger partial charge on any atom is -0.325 e. The number of carbonyl (C=O) groups is 2. The van der Waals surface area contributed by atoms with Gasteiger partial charge in [0.1, 0.15) is 5.82 Å². The molecule has 0 unspecified atom stereocenters. The number of nitrogens with one attached hydrogen (secondary N) is 2. The van der Waals surface area contributed by atoms with Crippen LogP contribution in [-0.4, -0.2) is 23.3 Å². The van der Waals surface area contributed by atoms with Crippen LogP contribution in [-0.2, 0) is 22.4 Å². The van der Waals surface area contributed by atoms with Crippen molar-refractivity contribution in [2.24, 2.45) is 0 Å². The Kier molecular flexibility index (Phi) is 7.66. The normalized spacial score (nSPS) is 10.4. The predicted octanol–water partition coefficient (Wildman–Crippen LogP) is 4.26. The highest BCUT2D eigenvalue weighted by Crippen LogP contribution is 2.22. The van der Waals surface area contributed by atoms with Crippen LogP contribution in [0.25, 0.3) is 0 Å². The minimum absolute atomic E-state index is 0.125. The SMILES string of the molecule is CCc1cccc(CC)c1NC(=O)CSCC(=O)Nc1ccc(F)cc1. The number of halogens is 1. The smallest absolute Gasteiger partial charge is 0.234 e. The van der Waals surface area contributed by atoms with E-state index in [4.69, 9.17) is 0 Å². The van der Waals surface area contributed by atoms with Gasteiger partial charge in [0.2, 0.25) is 11.8 Å². The van der Waals surface area contributed by atoms with E-state index in [0.717, 1.165) is 29.7 Å². The third-order valence-electron chi connectivity index (χ3n) is 3.86. The van der Waals surface area contributed by atoms with Gasteiger partial charge in [-0.2, -0.15) is 0 Å². The molecule has 6 heteroatoms. The third-order valence-corrected chi connectivity index (χ3v) is 4.79. The molecule has 0 heterocycles. The maximum absolute atomic E-state index is 12.8. The van der Waals surface area contributed by atoms with E-state index in [2.05, 4.69) is 24.5 Å². The van der Waals surface area contributed by atoms with Crippen LogP contribution in [0.3, 0.4) is 0 Å². The fourth-order valence-corrected chi connectivity index (χ4v) is 3.16. The first-order chi connectivity index (χ1) is 12.5. The van der Waals surface area contributed by atoms with Crippen molar-refractivity contribution in [3.8, 4) is 0 Å². The van der Waals surface area contributed by atoms with E-state index in [-0.39, 0.29) is 29.1 Å². The Bertz CT molecular complexity index is 741. The van der Waals surface area contributed by atoms with Crippen molar-refractivity contribution in [3.63, 3.8) is 0 Å². The largest absolute Gasteiger partial charge is 0.325 e. The minimum atomic E-state index is -0.354. The van der Waals surface area contributed by atoms with Crippen molar-refractivity contribution in [1.82, 2.24) is 0 Å². The summed E-state index contributed by atoms with van der Waals surface area (Å²) in [6.07, 6.45) is 1.69. The summed E-state index contributed by atoms with van der Waals surface area (Å²) >= 11 is 1.24. The molecule has 0 saturated carbocycles. The maximum Gasteiger partial charge on any atom is 0.234 e. The van der Waals surface area contributed by atoms with Gasteiger partial charge < -0.3 is 10.6 Å². The van der Waals surface area contributed by atoms with Crippen molar-refractivity contribution in [1.29, 1.82) is 0 Å². The molecule has 2 aromatic rings. The van der Waals surface area contributed by atoms with Gasteiger partial charge >= 0.3 is 0 Å². The summed E-state index contributed by atoms with van der Waals surface area (Å²) in [6, 6.07) is 11.6. The molecular formula is C20H23FN2O2S. The second-order valence-electron chi connectivity index (χ2n) is 5.75. The molecule has 0 aliphatic carbocycles. The van der Waals surface area contributed by atoms with Gasteiger partial charge in [-0.1, -0.05) is 32.0 Å². The topological polar surface area (TPSA) is 58.2 Å². The van der Waals surface area contributed by atoms with E-state index in [1.54, 1.807) is 0 Å². The van der Waals surface area contributed by atoms with Gasteiger partial charge in [0.15, 0.2) is 0 Å². The van der Waals surface area contributed by atoms with Crippen LogP contribution >= 0.6 is 11.8 Å². The first kappa shape index (κ1) is 20.0. The first-order valence-electron chi connectivity index (χ1n) is 8.57. The van der Waals surface area contributed by atoms with E-state index >= 15 is 0 Å². The average molecular weight is 374 g/mol. The number of thioether (sulfide) groups is 1. The lowest BCUT2D eigenvalue weighted by Crippen LogP contribution is -2.19. The van der Waals surface area contributed by atoms with Crippen LogP contribution in [0.4, 0.5) is 15.8 Å². The molecule has 0 fully saturated rings. The lowest BCUT2D eigenvalue weighted by Gasteiger charge is -2.14. The number of benzene rings is 2. The lowest BCUT2D eigenvalue weighted by atomic mass is 10.0. The third kappa shape index (κ3) is 5.88. The van der Waals surface area contributed by atoms with Gasteiger partial charge in [-0.15, -0.1) is 11.8 Å². The second-order valence-corrected chi connectivity index (χ2v) is 6.74. The first-order valence-corrected chi connectivity index (χ1v) is 9.72. The molecule has 2 aromatic carbocycles. The summed E-state index contributed by atoms with van der Waals surface area (Å²) in [5.74, 6) is -0.357. The molecule has 0 radical (unpaired) electrons. The Balaban J connectivity index is 1.82. The van der Waals surface area contributed by atoms with Crippen molar-refractivity contribution in [2.45, 2.75) is 26.7 Å². The fraction of sp³-hybridized carbons (Fsp3) is 0.300. The number of aryl methyl sites for hydroxylation is 2. The van der Waals surface area contributed by atoms with Crippen LogP contribution in [0.5, 0.6) is 0 Å². The van der Waals surface area contributed by atoms with Crippen LogP contribution < -0.4 is 10.6 Å². The number of hydrogen-bond acceptors (Lipinski definition) is 3.